The lowest BCUT2D eigenvalue weighted by Gasteiger charge is -2.26. The van der Waals surface area contributed by atoms with Gasteiger partial charge in [0.15, 0.2) is 5.78 Å². The average molecular weight is 711 g/mol. The van der Waals surface area contributed by atoms with Crippen molar-refractivity contribution in [3.63, 3.8) is 0 Å². The van der Waals surface area contributed by atoms with Crippen molar-refractivity contribution < 1.29 is 23.4 Å². The molecule has 1 fully saturated rings. The minimum absolute atomic E-state index is 0.107. The number of thiophene rings is 1. The van der Waals surface area contributed by atoms with E-state index >= 15 is 0 Å². The summed E-state index contributed by atoms with van der Waals surface area (Å²) >= 11 is 8.22. The fourth-order valence-electron chi connectivity index (χ4n) is 5.78. The lowest BCUT2D eigenvalue weighted by Crippen LogP contribution is -2.35. The largest absolute Gasteiger partial charge is 0.493 e. The fraction of sp³-hybridized carbons (Fsp3) is 0.211. The minimum Gasteiger partial charge on any atom is -0.493 e. The standard InChI is InChI=1S/C38H32ClFN4O5S/c1-2-48-33-12-14-44(27-7-5-26(40)6-8-27)38(46)36(33)32(45)19-25-4-9-28(20-29(25)39)49-34-11-13-41-31-21-35(50-37(31)34)30-10-3-24(22-42-30)23-43-15-17-47-18-16-43/h3-14,20-22H,2,15-19,23H2,1H3. The van der Waals surface area contributed by atoms with Crippen molar-refractivity contribution in [2.75, 3.05) is 32.9 Å². The Morgan fingerprint density at radius 3 is 2.56 bits per heavy atom. The molecule has 0 amide bonds. The van der Waals surface area contributed by atoms with E-state index in [2.05, 4.69) is 16.0 Å². The molecule has 0 bridgehead atoms. The number of aromatic nitrogens is 3. The summed E-state index contributed by atoms with van der Waals surface area (Å²) < 4.78 is 33.0. The van der Waals surface area contributed by atoms with Gasteiger partial charge in [0, 0.05) is 61.4 Å². The Morgan fingerprint density at radius 2 is 1.82 bits per heavy atom. The molecule has 254 valence electrons. The van der Waals surface area contributed by atoms with E-state index in [1.807, 2.05) is 18.3 Å². The van der Waals surface area contributed by atoms with Gasteiger partial charge in [-0.1, -0.05) is 23.7 Å². The normalized spacial score (nSPS) is 13.4. The van der Waals surface area contributed by atoms with Crippen LogP contribution in [0.5, 0.6) is 17.2 Å². The minimum atomic E-state index is -0.570. The Labute approximate surface area is 296 Å². The SMILES string of the molecule is CCOc1ccn(-c2ccc(F)cc2)c(=O)c1C(=O)Cc1ccc(Oc2ccnc3cc(-c4ccc(CN5CCOCC5)cn4)sc23)cc1Cl. The number of fused-ring (bicyclic) bond motifs is 1. The van der Waals surface area contributed by atoms with Crippen LogP contribution in [0.1, 0.15) is 28.4 Å². The van der Waals surface area contributed by atoms with Gasteiger partial charge in [-0.2, -0.15) is 0 Å². The molecular weight excluding hydrogens is 679 g/mol. The van der Waals surface area contributed by atoms with Gasteiger partial charge in [0.25, 0.3) is 5.56 Å². The third kappa shape index (κ3) is 7.31. The first-order valence-corrected chi connectivity index (χ1v) is 17.3. The fourth-order valence-corrected chi connectivity index (χ4v) is 7.06. The monoisotopic (exact) mass is 710 g/mol. The molecule has 50 heavy (non-hydrogen) atoms. The summed E-state index contributed by atoms with van der Waals surface area (Å²) in [5, 5.41) is 0.308. The van der Waals surface area contributed by atoms with Crippen LogP contribution >= 0.6 is 22.9 Å². The number of morpholine rings is 1. The lowest BCUT2D eigenvalue weighted by molar-refractivity contribution is 0.0341. The Morgan fingerprint density at radius 1 is 1.00 bits per heavy atom. The van der Waals surface area contributed by atoms with E-state index in [0.717, 1.165) is 59.2 Å². The van der Waals surface area contributed by atoms with Gasteiger partial charge in [-0.15, -0.1) is 11.3 Å². The Balaban J connectivity index is 1.08. The molecule has 4 aromatic heterocycles. The number of carbonyl (C=O) groups is 1. The van der Waals surface area contributed by atoms with Crippen LogP contribution in [-0.2, 0) is 17.7 Å². The van der Waals surface area contributed by atoms with Crippen LogP contribution < -0.4 is 15.0 Å². The van der Waals surface area contributed by atoms with Gasteiger partial charge in [0.05, 0.1) is 40.6 Å². The van der Waals surface area contributed by atoms with Crippen LogP contribution in [-0.4, -0.2) is 58.1 Å². The highest BCUT2D eigenvalue weighted by Gasteiger charge is 2.22. The van der Waals surface area contributed by atoms with E-state index in [-0.39, 0.29) is 24.3 Å². The molecule has 12 heteroatoms. The summed E-state index contributed by atoms with van der Waals surface area (Å²) in [6.45, 7) is 6.23. The smallest absolute Gasteiger partial charge is 0.269 e. The van der Waals surface area contributed by atoms with Gasteiger partial charge < -0.3 is 14.2 Å². The van der Waals surface area contributed by atoms with Gasteiger partial charge in [-0.25, -0.2) is 4.39 Å². The van der Waals surface area contributed by atoms with Crippen molar-refractivity contribution in [2.24, 2.45) is 0 Å². The zero-order chi connectivity index (χ0) is 34.6. The van der Waals surface area contributed by atoms with E-state index in [9.17, 15) is 14.0 Å². The molecule has 5 heterocycles. The third-order valence-corrected chi connectivity index (χ3v) is 9.82. The molecule has 0 spiro atoms. The molecule has 1 aliphatic rings. The highest BCUT2D eigenvalue weighted by molar-refractivity contribution is 7.22. The maximum absolute atomic E-state index is 13.6. The van der Waals surface area contributed by atoms with E-state index < -0.39 is 17.2 Å². The van der Waals surface area contributed by atoms with Crippen molar-refractivity contribution in [3.05, 3.63) is 129 Å². The molecule has 6 aromatic rings. The summed E-state index contributed by atoms with van der Waals surface area (Å²) in [5.41, 5.74) is 3.06. The molecule has 9 nitrogen and oxygen atoms in total. The van der Waals surface area contributed by atoms with Crippen LogP contribution in [0.4, 0.5) is 4.39 Å². The highest BCUT2D eigenvalue weighted by Crippen LogP contribution is 2.39. The Bertz CT molecular complexity index is 2220. The Hall–Kier alpha value is -4.94. The van der Waals surface area contributed by atoms with Crippen molar-refractivity contribution in [3.8, 4) is 33.5 Å². The maximum atomic E-state index is 13.6. The van der Waals surface area contributed by atoms with Crippen LogP contribution in [0.25, 0.3) is 26.5 Å². The molecule has 1 saturated heterocycles. The summed E-state index contributed by atoms with van der Waals surface area (Å²) in [6.07, 6.45) is 4.97. The molecule has 0 aliphatic carbocycles. The first kappa shape index (κ1) is 33.6. The van der Waals surface area contributed by atoms with E-state index in [1.54, 1.807) is 54.8 Å². The van der Waals surface area contributed by atoms with Crippen LogP contribution in [0.15, 0.2) is 96.2 Å². The highest BCUT2D eigenvalue weighted by atomic mass is 35.5. The van der Waals surface area contributed by atoms with Crippen molar-refractivity contribution in [2.45, 2.75) is 19.9 Å². The molecule has 0 unspecified atom stereocenters. The molecule has 7 rings (SSSR count). The average Bonchev–Trinajstić information content (AvgIpc) is 3.57. The number of carbonyl (C=O) groups excluding carboxylic acids is 1. The van der Waals surface area contributed by atoms with Crippen LogP contribution in [0, 0.1) is 5.82 Å². The Kier molecular flexibility index (Phi) is 9.99. The molecule has 0 saturated carbocycles. The topological polar surface area (TPSA) is 95.8 Å². The second-order valence-electron chi connectivity index (χ2n) is 11.7. The summed E-state index contributed by atoms with van der Waals surface area (Å²) in [4.78, 5) is 39.7. The first-order chi connectivity index (χ1) is 24.4. The van der Waals surface area contributed by atoms with Crippen molar-refractivity contribution in [1.82, 2.24) is 19.4 Å². The number of halogens is 2. The molecule has 0 atom stereocenters. The molecule has 0 radical (unpaired) electrons. The number of hydrogen-bond acceptors (Lipinski definition) is 9. The van der Waals surface area contributed by atoms with Gasteiger partial charge in [0.2, 0.25) is 0 Å². The number of pyridine rings is 3. The molecular formula is C38H32ClFN4O5S. The second kappa shape index (κ2) is 14.9. The number of ether oxygens (including phenoxy) is 3. The quantitative estimate of drug-likeness (QED) is 0.126. The van der Waals surface area contributed by atoms with Gasteiger partial charge in [-0.3, -0.25) is 29.0 Å². The molecule has 2 aromatic carbocycles. The zero-order valence-corrected chi connectivity index (χ0v) is 28.7. The number of nitrogens with zero attached hydrogens (tertiary/aromatic N) is 4. The zero-order valence-electron chi connectivity index (χ0n) is 27.1. The lowest BCUT2D eigenvalue weighted by atomic mass is 10.0. The van der Waals surface area contributed by atoms with Gasteiger partial charge in [0.1, 0.15) is 28.6 Å². The second-order valence-corrected chi connectivity index (χ2v) is 13.1. The molecule has 1 aliphatic heterocycles. The van der Waals surface area contributed by atoms with Crippen molar-refractivity contribution >= 4 is 38.9 Å². The number of benzene rings is 2. The van der Waals surface area contributed by atoms with Gasteiger partial charge >= 0.3 is 0 Å². The number of Topliss-reactive ketones (excluding diaryl/α,β-unsaturated/α-hetero) is 1. The van der Waals surface area contributed by atoms with Crippen LogP contribution in [0.2, 0.25) is 5.02 Å². The molecule has 0 N–H and O–H groups in total. The predicted molar refractivity (Wildman–Crippen MR) is 192 cm³/mol. The number of ketones is 1. The summed E-state index contributed by atoms with van der Waals surface area (Å²) in [6, 6.07) is 20.0. The van der Waals surface area contributed by atoms with E-state index in [0.29, 0.717) is 27.8 Å². The van der Waals surface area contributed by atoms with Crippen LogP contribution in [0.3, 0.4) is 0 Å². The van der Waals surface area contributed by atoms with Crippen molar-refractivity contribution in [1.29, 1.82) is 0 Å². The number of rotatable bonds is 11. The first-order valence-electron chi connectivity index (χ1n) is 16.1. The van der Waals surface area contributed by atoms with E-state index in [4.69, 9.17) is 30.8 Å². The number of hydrogen-bond donors (Lipinski definition) is 0. The third-order valence-electron chi connectivity index (χ3n) is 8.30. The summed E-state index contributed by atoms with van der Waals surface area (Å²) in [5.74, 6) is 0.371. The van der Waals surface area contributed by atoms with E-state index in [1.165, 1.54) is 35.0 Å². The van der Waals surface area contributed by atoms with Gasteiger partial charge in [-0.05, 0) is 72.6 Å². The summed E-state index contributed by atoms with van der Waals surface area (Å²) in [7, 11) is 0. The maximum Gasteiger partial charge on any atom is 0.269 e. The predicted octanol–water partition coefficient (Wildman–Crippen LogP) is 7.75.